The summed E-state index contributed by atoms with van der Waals surface area (Å²) in [6.45, 7) is 0. The molecule has 0 spiro atoms. The molecule has 0 heterocycles. The third-order valence-electron chi connectivity index (χ3n) is 5.26. The lowest BCUT2D eigenvalue weighted by Crippen LogP contribution is -1.85. The summed E-state index contributed by atoms with van der Waals surface area (Å²) in [4.78, 5) is 0. The van der Waals surface area contributed by atoms with E-state index in [9.17, 15) is 10.5 Å². The Hall–Kier alpha value is -5.06. The van der Waals surface area contributed by atoms with Gasteiger partial charge in [0.05, 0.1) is 37.5 Å². The first-order valence-electron chi connectivity index (χ1n) is 11.3. The molecular weight excluding hydrogens is 444 g/mol. The summed E-state index contributed by atoms with van der Waals surface area (Å²) < 4.78 is 10.2. The van der Waals surface area contributed by atoms with E-state index in [1.165, 1.54) is 0 Å². The van der Waals surface area contributed by atoms with Crippen LogP contribution in [-0.2, 0) is 0 Å². The molecule has 0 unspecified atom stereocenters. The minimum Gasteiger partial charge on any atom is -0.497 e. The van der Waals surface area contributed by atoms with Gasteiger partial charge in [-0.1, -0.05) is 60.7 Å². The zero-order valence-electron chi connectivity index (χ0n) is 20.3. The standard InChI is InChI=1S/2C16H13NO/c2*1-18-16-9-7-14(8-10-16)15(12-17)11-13-5-3-2-4-6-13/h2*2-11H,1H3/b2*15-11+. The molecule has 0 aliphatic rings. The lowest BCUT2D eigenvalue weighted by Gasteiger charge is -2.02. The van der Waals surface area contributed by atoms with E-state index < -0.39 is 0 Å². The SMILES string of the molecule is COc1ccc(/C(C#N)=C/c2ccccc2)cc1.COc1ccc(/C(C#N)=C/c2ccccc2)cc1. The van der Waals surface area contributed by atoms with Gasteiger partial charge in [0.15, 0.2) is 0 Å². The molecule has 4 nitrogen and oxygen atoms in total. The Bertz CT molecular complexity index is 1260. The monoisotopic (exact) mass is 470 g/mol. The Morgan fingerprint density at radius 2 is 0.861 bits per heavy atom. The molecule has 36 heavy (non-hydrogen) atoms. The second kappa shape index (κ2) is 13.6. The van der Waals surface area contributed by atoms with E-state index >= 15 is 0 Å². The molecule has 0 aromatic heterocycles. The summed E-state index contributed by atoms with van der Waals surface area (Å²) in [5.74, 6) is 1.58. The number of nitrogens with zero attached hydrogens (tertiary/aromatic N) is 2. The predicted octanol–water partition coefficient (Wildman–Crippen LogP) is 7.52. The number of methoxy groups -OCH3 is 2. The zero-order valence-corrected chi connectivity index (χ0v) is 20.3. The van der Waals surface area contributed by atoms with Gasteiger partial charge >= 0.3 is 0 Å². The normalized spacial score (nSPS) is 10.8. The van der Waals surface area contributed by atoms with Crippen molar-refractivity contribution in [1.82, 2.24) is 0 Å². The van der Waals surface area contributed by atoms with Crippen LogP contribution in [0.25, 0.3) is 23.3 Å². The summed E-state index contributed by atoms with van der Waals surface area (Å²) in [6, 6.07) is 39.0. The summed E-state index contributed by atoms with van der Waals surface area (Å²) in [5, 5.41) is 18.4. The van der Waals surface area contributed by atoms with Crippen molar-refractivity contribution in [3.05, 3.63) is 131 Å². The number of nitriles is 2. The maximum Gasteiger partial charge on any atom is 0.118 e. The van der Waals surface area contributed by atoms with E-state index in [0.717, 1.165) is 33.8 Å². The van der Waals surface area contributed by atoms with Crippen molar-refractivity contribution in [2.45, 2.75) is 0 Å². The fourth-order valence-electron chi connectivity index (χ4n) is 3.33. The van der Waals surface area contributed by atoms with Gasteiger partial charge in [-0.3, -0.25) is 0 Å². The van der Waals surface area contributed by atoms with Crippen LogP contribution in [-0.4, -0.2) is 14.2 Å². The number of ether oxygens (including phenoxy) is 2. The molecule has 0 saturated heterocycles. The zero-order chi connectivity index (χ0) is 25.6. The van der Waals surface area contributed by atoms with Gasteiger partial charge in [0, 0.05) is 0 Å². The topological polar surface area (TPSA) is 66.0 Å². The summed E-state index contributed by atoms with van der Waals surface area (Å²) in [5.41, 5.74) is 5.10. The highest BCUT2D eigenvalue weighted by Crippen LogP contribution is 2.21. The Kier molecular flexibility index (Phi) is 9.66. The van der Waals surface area contributed by atoms with Crippen molar-refractivity contribution in [2.75, 3.05) is 14.2 Å². The van der Waals surface area contributed by atoms with E-state index in [4.69, 9.17) is 9.47 Å². The highest BCUT2D eigenvalue weighted by atomic mass is 16.5. The highest BCUT2D eigenvalue weighted by molar-refractivity contribution is 5.90. The number of hydrogen-bond donors (Lipinski definition) is 0. The second-order valence-electron chi connectivity index (χ2n) is 7.62. The first-order chi connectivity index (χ1) is 17.7. The Morgan fingerprint density at radius 3 is 1.14 bits per heavy atom. The van der Waals surface area contributed by atoms with E-state index in [1.54, 1.807) is 14.2 Å². The molecule has 0 aliphatic carbocycles. The minimum atomic E-state index is 0.642. The first-order valence-corrected chi connectivity index (χ1v) is 11.3. The van der Waals surface area contributed by atoms with Gasteiger partial charge in [0.2, 0.25) is 0 Å². The predicted molar refractivity (Wildman–Crippen MR) is 146 cm³/mol. The van der Waals surface area contributed by atoms with Gasteiger partial charge in [-0.25, -0.2) is 0 Å². The third kappa shape index (κ3) is 7.48. The number of rotatable bonds is 6. The van der Waals surface area contributed by atoms with Crippen LogP contribution in [0.15, 0.2) is 109 Å². The van der Waals surface area contributed by atoms with Crippen LogP contribution in [0.2, 0.25) is 0 Å². The van der Waals surface area contributed by atoms with Crippen LogP contribution in [0.5, 0.6) is 11.5 Å². The van der Waals surface area contributed by atoms with E-state index in [-0.39, 0.29) is 0 Å². The average molecular weight is 471 g/mol. The van der Waals surface area contributed by atoms with Crippen molar-refractivity contribution < 1.29 is 9.47 Å². The van der Waals surface area contributed by atoms with Gasteiger partial charge in [-0.05, 0) is 82.9 Å². The average Bonchev–Trinajstić information content (AvgIpc) is 2.96. The minimum absolute atomic E-state index is 0.642. The maximum absolute atomic E-state index is 9.22. The molecule has 0 atom stereocenters. The van der Waals surface area contributed by atoms with Crippen molar-refractivity contribution in [2.24, 2.45) is 0 Å². The lowest BCUT2D eigenvalue weighted by atomic mass is 10.0. The van der Waals surface area contributed by atoms with Crippen LogP contribution < -0.4 is 9.47 Å². The Balaban J connectivity index is 0.000000201. The fraction of sp³-hybridized carbons (Fsp3) is 0.0625. The number of allylic oxidation sites excluding steroid dienone is 2. The molecule has 0 bridgehead atoms. The summed E-state index contributed by atoms with van der Waals surface area (Å²) in [6.07, 6.45) is 3.75. The molecule has 0 saturated carbocycles. The molecule has 0 N–H and O–H groups in total. The quantitative estimate of drug-likeness (QED) is 0.216. The molecule has 0 amide bonds. The molecule has 4 aromatic rings. The molecule has 4 aromatic carbocycles. The van der Waals surface area contributed by atoms with Crippen LogP contribution in [0.1, 0.15) is 22.3 Å². The number of benzene rings is 4. The van der Waals surface area contributed by atoms with Gasteiger partial charge < -0.3 is 9.47 Å². The van der Waals surface area contributed by atoms with Crippen molar-refractivity contribution >= 4 is 23.3 Å². The fourth-order valence-corrected chi connectivity index (χ4v) is 3.33. The van der Waals surface area contributed by atoms with Crippen LogP contribution in [0.4, 0.5) is 0 Å². The Morgan fingerprint density at radius 1 is 0.528 bits per heavy atom. The largest absolute Gasteiger partial charge is 0.497 e. The lowest BCUT2D eigenvalue weighted by molar-refractivity contribution is 0.414. The molecule has 0 radical (unpaired) electrons. The van der Waals surface area contributed by atoms with Crippen LogP contribution in [0.3, 0.4) is 0 Å². The molecule has 0 fully saturated rings. The second-order valence-corrected chi connectivity index (χ2v) is 7.62. The number of hydrogen-bond acceptors (Lipinski definition) is 4. The van der Waals surface area contributed by atoms with E-state index in [0.29, 0.717) is 11.1 Å². The molecule has 4 heteroatoms. The van der Waals surface area contributed by atoms with E-state index in [2.05, 4.69) is 12.1 Å². The molecule has 176 valence electrons. The molecular formula is C32H26N2O2. The first kappa shape index (κ1) is 25.6. The highest BCUT2D eigenvalue weighted by Gasteiger charge is 2.02. The third-order valence-corrected chi connectivity index (χ3v) is 5.26. The Labute approximate surface area is 212 Å². The van der Waals surface area contributed by atoms with Gasteiger partial charge in [0.25, 0.3) is 0 Å². The smallest absolute Gasteiger partial charge is 0.118 e. The molecule has 4 rings (SSSR count). The van der Waals surface area contributed by atoms with Crippen LogP contribution >= 0.6 is 0 Å². The van der Waals surface area contributed by atoms with Crippen molar-refractivity contribution in [3.8, 4) is 23.6 Å². The van der Waals surface area contributed by atoms with Gasteiger partial charge in [0.1, 0.15) is 11.5 Å². The summed E-state index contributed by atoms with van der Waals surface area (Å²) >= 11 is 0. The van der Waals surface area contributed by atoms with Crippen LogP contribution in [0, 0.1) is 22.7 Å². The van der Waals surface area contributed by atoms with Gasteiger partial charge in [-0.2, -0.15) is 10.5 Å². The maximum atomic E-state index is 9.22. The molecule has 0 aliphatic heterocycles. The van der Waals surface area contributed by atoms with Crippen molar-refractivity contribution in [3.63, 3.8) is 0 Å². The van der Waals surface area contributed by atoms with Crippen molar-refractivity contribution in [1.29, 1.82) is 10.5 Å². The van der Waals surface area contributed by atoms with Gasteiger partial charge in [-0.15, -0.1) is 0 Å². The van der Waals surface area contributed by atoms with E-state index in [1.807, 2.05) is 121 Å². The summed E-state index contributed by atoms with van der Waals surface area (Å²) in [7, 11) is 3.25.